The maximum Gasteiger partial charge on any atom is 0.0994 e. The summed E-state index contributed by atoms with van der Waals surface area (Å²) in [5.41, 5.74) is 2.28. The molecule has 2 N–H and O–H groups in total. The van der Waals surface area contributed by atoms with Crippen LogP contribution in [-0.2, 0) is 11.2 Å². The molecule has 3 nitrogen and oxygen atoms in total. The largest absolute Gasteiger partial charge is 0.396 e. The van der Waals surface area contributed by atoms with Crippen molar-refractivity contribution in [2.45, 2.75) is 25.3 Å². The summed E-state index contributed by atoms with van der Waals surface area (Å²) < 4.78 is 6.86. The Labute approximate surface area is 126 Å². The van der Waals surface area contributed by atoms with Crippen LogP contribution in [0.2, 0.25) is 8.67 Å². The fourth-order valence-corrected chi connectivity index (χ4v) is 4.70. The van der Waals surface area contributed by atoms with Crippen LogP contribution in [0.1, 0.15) is 30.0 Å². The van der Waals surface area contributed by atoms with Crippen LogP contribution >= 0.6 is 34.5 Å². The Morgan fingerprint density at radius 2 is 2.16 bits per heavy atom. The van der Waals surface area contributed by atoms with Gasteiger partial charge in [0.25, 0.3) is 0 Å². The number of aliphatic hydroxyl groups is 1. The van der Waals surface area contributed by atoms with Gasteiger partial charge >= 0.3 is 0 Å². The van der Waals surface area contributed by atoms with Gasteiger partial charge in [0.15, 0.2) is 0 Å². The van der Waals surface area contributed by atoms with E-state index in [2.05, 4.69) is 5.32 Å². The van der Waals surface area contributed by atoms with Gasteiger partial charge in [0.2, 0.25) is 0 Å². The molecule has 2 heterocycles. The van der Waals surface area contributed by atoms with Crippen LogP contribution < -0.4 is 5.32 Å². The Bertz CT molecular complexity index is 468. The van der Waals surface area contributed by atoms with Gasteiger partial charge in [0, 0.05) is 18.2 Å². The van der Waals surface area contributed by atoms with Crippen LogP contribution in [0.25, 0.3) is 0 Å². The van der Waals surface area contributed by atoms with E-state index in [1.807, 2.05) is 0 Å². The lowest BCUT2D eigenvalue weighted by atomic mass is 9.85. The van der Waals surface area contributed by atoms with E-state index in [1.165, 1.54) is 22.5 Å². The van der Waals surface area contributed by atoms with Crippen LogP contribution in [0, 0.1) is 5.41 Å². The summed E-state index contributed by atoms with van der Waals surface area (Å²) in [5, 5.41) is 13.0. The van der Waals surface area contributed by atoms with Gasteiger partial charge in [-0.15, -0.1) is 11.3 Å². The highest BCUT2D eigenvalue weighted by Crippen LogP contribution is 2.45. The minimum Gasteiger partial charge on any atom is -0.396 e. The molecule has 19 heavy (non-hydrogen) atoms. The Hall–Kier alpha value is 0.160. The molecule has 1 aliphatic carbocycles. The molecular weight excluding hydrogens is 305 g/mol. The summed E-state index contributed by atoms with van der Waals surface area (Å²) in [5.74, 6) is 0. The van der Waals surface area contributed by atoms with Crippen LogP contribution in [0.5, 0.6) is 0 Å². The second kappa shape index (κ2) is 5.51. The summed E-state index contributed by atoms with van der Waals surface area (Å²) in [4.78, 5) is 0. The number of hydrogen-bond acceptors (Lipinski definition) is 4. The highest BCUT2D eigenvalue weighted by atomic mass is 35.5. The Morgan fingerprint density at radius 1 is 1.37 bits per heavy atom. The monoisotopic (exact) mass is 321 g/mol. The molecule has 0 saturated carbocycles. The van der Waals surface area contributed by atoms with Crippen molar-refractivity contribution >= 4 is 34.5 Å². The summed E-state index contributed by atoms with van der Waals surface area (Å²) in [6.45, 7) is 2.19. The number of hydrogen-bond donors (Lipinski definition) is 2. The van der Waals surface area contributed by atoms with Crippen molar-refractivity contribution in [2.24, 2.45) is 5.41 Å². The molecule has 106 valence electrons. The van der Waals surface area contributed by atoms with Gasteiger partial charge in [-0.25, -0.2) is 0 Å². The predicted octanol–water partition coefficient (Wildman–Crippen LogP) is 3.03. The van der Waals surface area contributed by atoms with Crippen molar-refractivity contribution in [3.05, 3.63) is 19.8 Å². The van der Waals surface area contributed by atoms with E-state index in [0.717, 1.165) is 34.5 Å². The zero-order chi connectivity index (χ0) is 13.5. The molecule has 0 bridgehead atoms. The van der Waals surface area contributed by atoms with Crippen LogP contribution in [0.15, 0.2) is 0 Å². The van der Waals surface area contributed by atoms with E-state index < -0.39 is 0 Å². The molecule has 0 aromatic carbocycles. The van der Waals surface area contributed by atoms with Gasteiger partial charge in [0.1, 0.15) is 0 Å². The van der Waals surface area contributed by atoms with Gasteiger partial charge in [-0.2, -0.15) is 0 Å². The van der Waals surface area contributed by atoms with Gasteiger partial charge in [-0.05, 0) is 24.8 Å². The number of aliphatic hydroxyl groups excluding tert-OH is 1. The van der Waals surface area contributed by atoms with Gasteiger partial charge in [-0.3, -0.25) is 0 Å². The number of fused-ring (bicyclic) bond motifs is 1. The molecule has 1 saturated heterocycles. The minimum atomic E-state index is -0.107. The van der Waals surface area contributed by atoms with Crippen molar-refractivity contribution in [2.75, 3.05) is 26.4 Å². The zero-order valence-corrected chi connectivity index (χ0v) is 12.9. The van der Waals surface area contributed by atoms with E-state index in [0.29, 0.717) is 13.2 Å². The number of ether oxygens (including phenoxy) is 1. The van der Waals surface area contributed by atoms with Crippen molar-refractivity contribution in [3.8, 4) is 0 Å². The molecule has 6 heteroatoms. The summed E-state index contributed by atoms with van der Waals surface area (Å²) in [7, 11) is 0. The third-order valence-electron chi connectivity index (χ3n) is 4.10. The summed E-state index contributed by atoms with van der Waals surface area (Å²) in [6.07, 6.45) is 3.21. The second-order valence-electron chi connectivity index (χ2n) is 5.52. The van der Waals surface area contributed by atoms with Gasteiger partial charge in [0.05, 0.1) is 33.9 Å². The Balaban J connectivity index is 1.73. The van der Waals surface area contributed by atoms with Crippen molar-refractivity contribution in [3.63, 3.8) is 0 Å². The Morgan fingerprint density at radius 3 is 2.79 bits per heavy atom. The molecule has 1 aliphatic heterocycles. The van der Waals surface area contributed by atoms with E-state index in [9.17, 15) is 5.11 Å². The molecule has 1 aromatic rings. The molecular formula is C13H17Cl2NO2S. The molecule has 1 aromatic heterocycles. The molecule has 1 fully saturated rings. The predicted molar refractivity (Wildman–Crippen MR) is 78.4 cm³/mol. The molecule has 1 atom stereocenters. The van der Waals surface area contributed by atoms with Gasteiger partial charge < -0.3 is 15.2 Å². The fourth-order valence-electron chi connectivity index (χ4n) is 2.81. The average Bonchev–Trinajstić information content (AvgIpc) is 2.65. The molecule has 0 spiro atoms. The van der Waals surface area contributed by atoms with Crippen LogP contribution in [0.4, 0.5) is 0 Å². The normalized spacial score (nSPS) is 24.9. The lowest BCUT2D eigenvalue weighted by Gasteiger charge is -2.41. The lowest BCUT2D eigenvalue weighted by Crippen LogP contribution is -2.52. The third-order valence-corrected chi connectivity index (χ3v) is 5.82. The van der Waals surface area contributed by atoms with Crippen LogP contribution in [0.3, 0.4) is 0 Å². The topological polar surface area (TPSA) is 41.5 Å². The standard InChI is InChI=1S/C13H17Cl2NO2S/c14-11-8-2-1-3-9(10(8)12(15)19-11)16-4-13(5-17)6-18-7-13/h9,16-17H,1-7H2. The zero-order valence-electron chi connectivity index (χ0n) is 10.5. The average molecular weight is 322 g/mol. The fraction of sp³-hybridized carbons (Fsp3) is 0.692. The SMILES string of the molecule is OCC1(CNC2CCCc3c(Cl)sc(Cl)c32)COC1. The molecule has 2 aliphatic rings. The van der Waals surface area contributed by atoms with E-state index in [4.69, 9.17) is 27.9 Å². The number of rotatable bonds is 4. The maximum atomic E-state index is 9.45. The van der Waals surface area contributed by atoms with Crippen molar-refractivity contribution < 1.29 is 9.84 Å². The first-order valence-corrected chi connectivity index (χ1v) is 8.11. The van der Waals surface area contributed by atoms with E-state index >= 15 is 0 Å². The van der Waals surface area contributed by atoms with Crippen molar-refractivity contribution in [1.82, 2.24) is 5.32 Å². The highest BCUT2D eigenvalue weighted by molar-refractivity contribution is 7.20. The van der Waals surface area contributed by atoms with Crippen LogP contribution in [-0.4, -0.2) is 31.5 Å². The first kappa shape index (κ1) is 14.1. The lowest BCUT2D eigenvalue weighted by molar-refractivity contribution is -0.135. The first-order chi connectivity index (χ1) is 9.15. The highest BCUT2D eigenvalue weighted by Gasteiger charge is 2.39. The summed E-state index contributed by atoms with van der Waals surface area (Å²) in [6, 6.07) is 0.254. The molecule has 0 radical (unpaired) electrons. The quantitative estimate of drug-likeness (QED) is 0.895. The Kier molecular flexibility index (Phi) is 4.09. The first-order valence-electron chi connectivity index (χ1n) is 6.54. The molecule has 1 unspecified atom stereocenters. The van der Waals surface area contributed by atoms with Crippen molar-refractivity contribution in [1.29, 1.82) is 0 Å². The summed E-state index contributed by atoms with van der Waals surface area (Å²) >= 11 is 14.0. The second-order valence-corrected chi connectivity index (χ2v) is 7.74. The molecule has 0 amide bonds. The van der Waals surface area contributed by atoms with E-state index in [1.54, 1.807) is 0 Å². The smallest absolute Gasteiger partial charge is 0.0994 e. The molecule has 3 rings (SSSR count). The number of thiophene rings is 1. The third kappa shape index (κ3) is 2.55. The minimum absolute atomic E-state index is 0.107. The number of nitrogens with one attached hydrogen (secondary N) is 1. The van der Waals surface area contributed by atoms with E-state index in [-0.39, 0.29) is 18.1 Å². The maximum absolute atomic E-state index is 9.45. The number of halogens is 2. The van der Waals surface area contributed by atoms with Gasteiger partial charge in [-0.1, -0.05) is 23.2 Å².